The first kappa shape index (κ1) is 10.6. The first-order chi connectivity index (χ1) is 7.66. The van der Waals surface area contributed by atoms with Crippen LogP contribution in [0.5, 0.6) is 0 Å². The minimum atomic E-state index is -0.199. The number of carbonyl (C=O) groups excluding carboxylic acids is 2. The molecule has 0 bridgehead atoms. The Hall–Kier alpha value is -1.90. The summed E-state index contributed by atoms with van der Waals surface area (Å²) in [7, 11) is 0. The number of hydrogen-bond acceptors (Lipinski definition) is 3. The summed E-state index contributed by atoms with van der Waals surface area (Å²) in [6.45, 7) is 3.80. The summed E-state index contributed by atoms with van der Waals surface area (Å²) in [4.78, 5) is 24.0. The Morgan fingerprint density at radius 2 is 1.62 bits per heavy atom. The standard InChI is InChI=1S/C13H12O3/c1-3-16-13-8(2)11(14)9-6-4-5-7-10(9)12(13)15/h4-7H,3H2,1-2H3. The predicted molar refractivity (Wildman–Crippen MR) is 59.4 cm³/mol. The van der Waals surface area contributed by atoms with Crippen molar-refractivity contribution in [3.63, 3.8) is 0 Å². The fourth-order valence-corrected chi connectivity index (χ4v) is 1.79. The van der Waals surface area contributed by atoms with Crippen molar-refractivity contribution >= 4 is 11.6 Å². The Labute approximate surface area is 93.7 Å². The Balaban J connectivity index is 2.58. The van der Waals surface area contributed by atoms with Gasteiger partial charge in [-0.15, -0.1) is 0 Å². The van der Waals surface area contributed by atoms with E-state index in [2.05, 4.69) is 0 Å². The van der Waals surface area contributed by atoms with Gasteiger partial charge in [-0.1, -0.05) is 24.3 Å². The molecule has 0 spiro atoms. The minimum absolute atomic E-state index is 0.126. The maximum atomic E-state index is 12.0. The van der Waals surface area contributed by atoms with Crippen molar-refractivity contribution in [2.24, 2.45) is 0 Å². The molecule has 0 atom stereocenters. The normalized spacial score (nSPS) is 15.1. The number of carbonyl (C=O) groups is 2. The van der Waals surface area contributed by atoms with Crippen LogP contribution < -0.4 is 0 Å². The SMILES string of the molecule is CCOC1=C(C)C(=O)c2ccccc2C1=O. The van der Waals surface area contributed by atoms with Crippen LogP contribution in [0.3, 0.4) is 0 Å². The molecule has 0 unspecified atom stereocenters. The maximum absolute atomic E-state index is 12.0. The van der Waals surface area contributed by atoms with Crippen molar-refractivity contribution in [1.29, 1.82) is 0 Å². The van der Waals surface area contributed by atoms with Crippen molar-refractivity contribution in [2.45, 2.75) is 13.8 Å². The third-order valence-corrected chi connectivity index (χ3v) is 2.59. The highest BCUT2D eigenvalue weighted by atomic mass is 16.5. The van der Waals surface area contributed by atoms with Crippen molar-refractivity contribution in [3.8, 4) is 0 Å². The highest BCUT2D eigenvalue weighted by Crippen LogP contribution is 2.26. The Morgan fingerprint density at radius 1 is 1.06 bits per heavy atom. The van der Waals surface area contributed by atoms with Crippen molar-refractivity contribution < 1.29 is 14.3 Å². The molecule has 3 nitrogen and oxygen atoms in total. The van der Waals surface area contributed by atoms with Gasteiger partial charge >= 0.3 is 0 Å². The molecular weight excluding hydrogens is 204 g/mol. The molecule has 1 aliphatic rings. The van der Waals surface area contributed by atoms with Crippen LogP contribution in [0.2, 0.25) is 0 Å². The fourth-order valence-electron chi connectivity index (χ4n) is 1.79. The first-order valence-corrected chi connectivity index (χ1v) is 5.19. The summed E-state index contributed by atoms with van der Waals surface area (Å²) >= 11 is 0. The van der Waals surface area contributed by atoms with Crippen LogP contribution in [0.4, 0.5) is 0 Å². The number of Topliss-reactive ketones (excluding diaryl/α,β-unsaturated/α-hetero) is 2. The van der Waals surface area contributed by atoms with E-state index in [4.69, 9.17) is 4.74 Å². The summed E-state index contributed by atoms with van der Waals surface area (Å²) in [5, 5.41) is 0. The average Bonchev–Trinajstić information content (AvgIpc) is 2.32. The molecule has 0 fully saturated rings. The molecule has 1 aromatic carbocycles. The first-order valence-electron chi connectivity index (χ1n) is 5.19. The van der Waals surface area contributed by atoms with E-state index in [0.29, 0.717) is 23.3 Å². The Bertz CT molecular complexity index is 498. The van der Waals surface area contributed by atoms with Crippen molar-refractivity contribution in [1.82, 2.24) is 0 Å². The van der Waals surface area contributed by atoms with Gasteiger partial charge < -0.3 is 4.74 Å². The largest absolute Gasteiger partial charge is 0.489 e. The van der Waals surface area contributed by atoms with Crippen LogP contribution in [0.1, 0.15) is 34.6 Å². The molecule has 0 saturated carbocycles. The summed E-state index contributed by atoms with van der Waals surface area (Å²) in [5.74, 6) is -0.139. The summed E-state index contributed by atoms with van der Waals surface area (Å²) in [6, 6.07) is 6.82. The Kier molecular flexibility index (Phi) is 2.60. The average molecular weight is 216 g/mol. The molecule has 0 radical (unpaired) electrons. The maximum Gasteiger partial charge on any atom is 0.228 e. The number of rotatable bonds is 2. The zero-order chi connectivity index (χ0) is 11.7. The minimum Gasteiger partial charge on any atom is -0.489 e. The molecule has 1 aliphatic carbocycles. The molecule has 82 valence electrons. The van der Waals surface area contributed by atoms with Gasteiger partial charge in [-0.25, -0.2) is 0 Å². The van der Waals surface area contributed by atoms with Crippen LogP contribution in [-0.2, 0) is 4.74 Å². The van der Waals surface area contributed by atoms with Gasteiger partial charge in [0, 0.05) is 16.7 Å². The van der Waals surface area contributed by atoms with E-state index in [9.17, 15) is 9.59 Å². The van der Waals surface area contributed by atoms with Gasteiger partial charge in [0.15, 0.2) is 11.5 Å². The van der Waals surface area contributed by atoms with Gasteiger partial charge in [-0.3, -0.25) is 9.59 Å². The second-order valence-corrected chi connectivity index (χ2v) is 3.59. The van der Waals surface area contributed by atoms with Gasteiger partial charge in [0.25, 0.3) is 0 Å². The number of hydrogen-bond donors (Lipinski definition) is 0. The molecule has 0 saturated heterocycles. The monoisotopic (exact) mass is 216 g/mol. The van der Waals surface area contributed by atoms with E-state index in [0.717, 1.165) is 0 Å². The van der Waals surface area contributed by atoms with Gasteiger partial charge in [0.2, 0.25) is 5.78 Å². The molecule has 1 aromatic rings. The van der Waals surface area contributed by atoms with Crippen LogP contribution in [0.15, 0.2) is 35.6 Å². The van der Waals surface area contributed by atoms with Crippen molar-refractivity contribution in [2.75, 3.05) is 6.61 Å². The van der Waals surface area contributed by atoms with E-state index in [-0.39, 0.29) is 17.3 Å². The van der Waals surface area contributed by atoms with E-state index in [1.54, 1.807) is 38.1 Å². The molecule has 2 rings (SSSR count). The van der Waals surface area contributed by atoms with E-state index in [1.165, 1.54) is 0 Å². The van der Waals surface area contributed by atoms with E-state index < -0.39 is 0 Å². The zero-order valence-corrected chi connectivity index (χ0v) is 9.24. The lowest BCUT2D eigenvalue weighted by Crippen LogP contribution is -2.22. The van der Waals surface area contributed by atoms with Crippen LogP contribution >= 0.6 is 0 Å². The molecule has 0 N–H and O–H groups in total. The second kappa shape index (κ2) is 3.93. The molecule has 3 heteroatoms. The number of fused-ring (bicyclic) bond motifs is 1. The molecular formula is C13H12O3. The quantitative estimate of drug-likeness (QED) is 0.762. The summed E-state index contributed by atoms with van der Waals surface area (Å²) < 4.78 is 5.24. The highest BCUT2D eigenvalue weighted by molar-refractivity contribution is 6.25. The molecule has 16 heavy (non-hydrogen) atoms. The van der Waals surface area contributed by atoms with Crippen LogP contribution in [0.25, 0.3) is 0 Å². The summed E-state index contributed by atoms with van der Waals surface area (Å²) in [5.41, 5.74) is 1.29. The van der Waals surface area contributed by atoms with Gasteiger partial charge in [-0.2, -0.15) is 0 Å². The molecule has 0 amide bonds. The van der Waals surface area contributed by atoms with Crippen LogP contribution in [0, 0.1) is 0 Å². The predicted octanol–water partition coefficient (Wildman–Crippen LogP) is 2.38. The van der Waals surface area contributed by atoms with Gasteiger partial charge in [0.05, 0.1) is 6.61 Å². The van der Waals surface area contributed by atoms with Gasteiger partial charge in [-0.05, 0) is 13.8 Å². The van der Waals surface area contributed by atoms with Gasteiger partial charge in [0.1, 0.15) is 0 Å². The molecule has 0 heterocycles. The second-order valence-electron chi connectivity index (χ2n) is 3.59. The third-order valence-electron chi connectivity index (χ3n) is 2.59. The van der Waals surface area contributed by atoms with E-state index >= 15 is 0 Å². The Morgan fingerprint density at radius 3 is 2.19 bits per heavy atom. The van der Waals surface area contributed by atoms with E-state index in [1.807, 2.05) is 0 Å². The number of benzene rings is 1. The van der Waals surface area contributed by atoms with Crippen molar-refractivity contribution in [3.05, 3.63) is 46.7 Å². The fraction of sp³-hybridized carbons (Fsp3) is 0.231. The molecule has 0 aromatic heterocycles. The number of allylic oxidation sites excluding steroid dienone is 2. The highest BCUT2D eigenvalue weighted by Gasteiger charge is 2.30. The lowest BCUT2D eigenvalue weighted by Gasteiger charge is -2.18. The summed E-state index contributed by atoms with van der Waals surface area (Å²) in [6.07, 6.45) is 0. The number of ketones is 2. The topological polar surface area (TPSA) is 43.4 Å². The molecule has 0 aliphatic heterocycles. The third kappa shape index (κ3) is 1.45. The zero-order valence-electron chi connectivity index (χ0n) is 9.24. The lowest BCUT2D eigenvalue weighted by molar-refractivity contribution is 0.0881. The smallest absolute Gasteiger partial charge is 0.228 e. The van der Waals surface area contributed by atoms with Crippen LogP contribution in [-0.4, -0.2) is 18.2 Å². The number of ether oxygens (including phenoxy) is 1. The lowest BCUT2D eigenvalue weighted by atomic mass is 9.89.